The summed E-state index contributed by atoms with van der Waals surface area (Å²) in [6, 6.07) is 10.0. The highest BCUT2D eigenvalue weighted by Gasteiger charge is 2.34. The molecule has 4 unspecified atom stereocenters. The molecule has 4 atom stereocenters. The van der Waals surface area contributed by atoms with Gasteiger partial charge in [0.1, 0.15) is 0 Å². The molecule has 1 heterocycles. The molecule has 1 aromatic rings. The first-order valence-corrected chi connectivity index (χ1v) is 7.75. The number of fused-ring (bicyclic) bond motifs is 1. The first-order chi connectivity index (χ1) is 9.16. The Kier molecular flexibility index (Phi) is 3.64. The van der Waals surface area contributed by atoms with E-state index in [-0.39, 0.29) is 0 Å². The molecule has 19 heavy (non-hydrogen) atoms. The van der Waals surface area contributed by atoms with E-state index in [1.54, 1.807) is 11.1 Å². The van der Waals surface area contributed by atoms with Gasteiger partial charge >= 0.3 is 0 Å². The fourth-order valence-corrected chi connectivity index (χ4v) is 3.89. The van der Waals surface area contributed by atoms with Gasteiger partial charge in [-0.25, -0.2) is 0 Å². The molecule has 1 aliphatic carbocycles. The molecule has 1 aromatic carbocycles. The smallest absolute Gasteiger partial charge is 0.0351 e. The van der Waals surface area contributed by atoms with Gasteiger partial charge in [0.15, 0.2) is 0 Å². The minimum atomic E-state index is 0.336. The molecule has 0 bridgehead atoms. The van der Waals surface area contributed by atoms with Crippen molar-refractivity contribution in [2.75, 3.05) is 13.1 Å². The summed E-state index contributed by atoms with van der Waals surface area (Å²) in [6.45, 7) is 6.93. The molecule has 0 saturated carbocycles. The number of rotatable bonds is 2. The average Bonchev–Trinajstić information content (AvgIpc) is 2.89. The van der Waals surface area contributed by atoms with Gasteiger partial charge in [0, 0.05) is 18.6 Å². The molecule has 2 aliphatic rings. The highest BCUT2D eigenvalue weighted by atomic mass is 15.2. The average molecular weight is 258 g/mol. The van der Waals surface area contributed by atoms with E-state index in [0.717, 1.165) is 5.92 Å². The second-order valence-corrected chi connectivity index (χ2v) is 6.53. The lowest BCUT2D eigenvalue weighted by Crippen LogP contribution is -2.33. The van der Waals surface area contributed by atoms with Crippen LogP contribution in [-0.4, -0.2) is 24.0 Å². The van der Waals surface area contributed by atoms with Gasteiger partial charge < -0.3 is 5.73 Å². The van der Waals surface area contributed by atoms with E-state index in [1.165, 1.54) is 32.4 Å². The van der Waals surface area contributed by atoms with Crippen LogP contribution in [0.3, 0.4) is 0 Å². The Hall–Kier alpha value is -0.860. The van der Waals surface area contributed by atoms with E-state index in [0.29, 0.717) is 18.0 Å². The van der Waals surface area contributed by atoms with Crippen LogP contribution in [0, 0.1) is 5.92 Å². The number of nitrogens with two attached hydrogens (primary N) is 1. The monoisotopic (exact) mass is 258 g/mol. The minimum Gasteiger partial charge on any atom is -0.328 e. The van der Waals surface area contributed by atoms with Crippen molar-refractivity contribution in [1.82, 2.24) is 4.90 Å². The van der Waals surface area contributed by atoms with E-state index in [4.69, 9.17) is 5.73 Å². The largest absolute Gasteiger partial charge is 0.328 e. The summed E-state index contributed by atoms with van der Waals surface area (Å²) < 4.78 is 0. The van der Waals surface area contributed by atoms with Crippen LogP contribution in [0.1, 0.15) is 56.2 Å². The molecule has 104 valence electrons. The van der Waals surface area contributed by atoms with Crippen LogP contribution in [0.2, 0.25) is 0 Å². The van der Waals surface area contributed by atoms with Crippen molar-refractivity contribution in [2.24, 2.45) is 11.7 Å². The van der Waals surface area contributed by atoms with Crippen molar-refractivity contribution in [1.29, 1.82) is 0 Å². The van der Waals surface area contributed by atoms with Gasteiger partial charge in [0.25, 0.3) is 0 Å². The second-order valence-electron chi connectivity index (χ2n) is 6.53. The van der Waals surface area contributed by atoms with Gasteiger partial charge in [-0.2, -0.15) is 0 Å². The van der Waals surface area contributed by atoms with Gasteiger partial charge in [-0.05, 0) is 55.7 Å². The van der Waals surface area contributed by atoms with Crippen LogP contribution < -0.4 is 5.73 Å². The van der Waals surface area contributed by atoms with Crippen LogP contribution in [0.25, 0.3) is 0 Å². The maximum atomic E-state index is 6.08. The quantitative estimate of drug-likeness (QED) is 0.882. The lowest BCUT2D eigenvalue weighted by molar-refractivity contribution is 0.205. The number of nitrogens with zero attached hydrogens (tertiary/aromatic N) is 1. The van der Waals surface area contributed by atoms with Gasteiger partial charge in [0.05, 0.1) is 0 Å². The van der Waals surface area contributed by atoms with Crippen molar-refractivity contribution in [3.05, 3.63) is 35.4 Å². The predicted octanol–water partition coefficient (Wildman–Crippen LogP) is 3.29. The summed E-state index contributed by atoms with van der Waals surface area (Å²) in [4.78, 5) is 2.68. The van der Waals surface area contributed by atoms with Gasteiger partial charge in [-0.1, -0.05) is 31.2 Å². The number of benzene rings is 1. The van der Waals surface area contributed by atoms with Gasteiger partial charge in [0.2, 0.25) is 0 Å². The normalized spacial score (nSPS) is 33.1. The second kappa shape index (κ2) is 5.26. The molecule has 2 N–H and O–H groups in total. The minimum absolute atomic E-state index is 0.336. The lowest BCUT2D eigenvalue weighted by Gasteiger charge is -2.36. The zero-order valence-electron chi connectivity index (χ0n) is 12.2. The zero-order chi connectivity index (χ0) is 13.4. The van der Waals surface area contributed by atoms with Crippen molar-refractivity contribution < 1.29 is 0 Å². The first-order valence-electron chi connectivity index (χ1n) is 7.75. The van der Waals surface area contributed by atoms with Gasteiger partial charge in [-0.15, -0.1) is 0 Å². The summed E-state index contributed by atoms with van der Waals surface area (Å²) in [5, 5.41) is 0. The predicted molar refractivity (Wildman–Crippen MR) is 80.2 cm³/mol. The Balaban J connectivity index is 1.82. The molecule has 0 radical (unpaired) electrons. The fraction of sp³-hybridized carbons (Fsp3) is 0.647. The summed E-state index contributed by atoms with van der Waals surface area (Å²) in [5.41, 5.74) is 9.23. The SMILES string of the molecule is CC1CCC(N2CCC(C(C)N)C2)c2ccccc21. The summed E-state index contributed by atoms with van der Waals surface area (Å²) in [7, 11) is 0. The molecular weight excluding hydrogens is 232 g/mol. The van der Waals surface area contributed by atoms with Crippen LogP contribution in [0.5, 0.6) is 0 Å². The third-order valence-corrected chi connectivity index (χ3v) is 5.20. The molecule has 1 fully saturated rings. The maximum absolute atomic E-state index is 6.08. The highest BCUT2D eigenvalue weighted by Crippen LogP contribution is 2.42. The Bertz CT molecular complexity index is 441. The van der Waals surface area contributed by atoms with Crippen LogP contribution in [0.4, 0.5) is 0 Å². The topological polar surface area (TPSA) is 29.3 Å². The number of hydrogen-bond acceptors (Lipinski definition) is 2. The van der Waals surface area contributed by atoms with Crippen molar-refractivity contribution in [3.8, 4) is 0 Å². The number of hydrogen-bond donors (Lipinski definition) is 1. The van der Waals surface area contributed by atoms with E-state index >= 15 is 0 Å². The van der Waals surface area contributed by atoms with E-state index in [1.807, 2.05) is 0 Å². The number of likely N-dealkylation sites (tertiary alicyclic amines) is 1. The molecule has 2 heteroatoms. The van der Waals surface area contributed by atoms with E-state index in [2.05, 4.69) is 43.0 Å². The van der Waals surface area contributed by atoms with E-state index in [9.17, 15) is 0 Å². The molecule has 0 amide bonds. The fourth-order valence-electron chi connectivity index (χ4n) is 3.89. The molecule has 3 rings (SSSR count). The zero-order valence-corrected chi connectivity index (χ0v) is 12.2. The standard InChI is InChI=1S/C17H26N2/c1-12-7-8-17(16-6-4-3-5-15(12)16)19-10-9-14(11-19)13(2)18/h3-6,12-14,17H,7-11,18H2,1-2H3. The molecule has 0 spiro atoms. The molecule has 1 aliphatic heterocycles. The van der Waals surface area contributed by atoms with Crippen LogP contribution in [-0.2, 0) is 0 Å². The molecular formula is C17H26N2. The maximum Gasteiger partial charge on any atom is 0.0351 e. The third-order valence-electron chi connectivity index (χ3n) is 5.20. The summed E-state index contributed by atoms with van der Waals surface area (Å²) in [6.07, 6.45) is 3.90. The molecule has 0 aromatic heterocycles. The summed E-state index contributed by atoms with van der Waals surface area (Å²) in [5.74, 6) is 1.41. The Labute approximate surface area is 117 Å². The molecule has 1 saturated heterocycles. The van der Waals surface area contributed by atoms with Crippen LogP contribution in [0.15, 0.2) is 24.3 Å². The molecule has 2 nitrogen and oxygen atoms in total. The lowest BCUT2D eigenvalue weighted by atomic mass is 9.80. The van der Waals surface area contributed by atoms with Crippen molar-refractivity contribution in [3.63, 3.8) is 0 Å². The van der Waals surface area contributed by atoms with Crippen molar-refractivity contribution >= 4 is 0 Å². The Morgan fingerprint density at radius 1 is 1.16 bits per heavy atom. The third kappa shape index (κ3) is 2.44. The van der Waals surface area contributed by atoms with Crippen molar-refractivity contribution in [2.45, 2.75) is 51.1 Å². The van der Waals surface area contributed by atoms with E-state index < -0.39 is 0 Å². The first kappa shape index (κ1) is 13.1. The summed E-state index contributed by atoms with van der Waals surface area (Å²) >= 11 is 0. The van der Waals surface area contributed by atoms with Crippen LogP contribution >= 0.6 is 0 Å². The Morgan fingerprint density at radius 3 is 2.58 bits per heavy atom. The Morgan fingerprint density at radius 2 is 1.89 bits per heavy atom. The highest BCUT2D eigenvalue weighted by molar-refractivity contribution is 5.35. The van der Waals surface area contributed by atoms with Gasteiger partial charge in [-0.3, -0.25) is 4.90 Å².